The molecule has 2 aliphatic rings. The highest BCUT2D eigenvalue weighted by Crippen LogP contribution is 2.29. The maximum absolute atomic E-state index is 12.7. The lowest BCUT2D eigenvalue weighted by atomic mass is 9.88. The average Bonchev–Trinajstić information content (AvgIpc) is 2.84. The molecule has 6 N–H and O–H groups in total. The minimum Gasteiger partial charge on any atom is -0.478 e. The van der Waals surface area contributed by atoms with E-state index in [0.717, 1.165) is 13.0 Å². The van der Waals surface area contributed by atoms with Crippen molar-refractivity contribution in [1.82, 2.24) is 16.0 Å². The molecule has 7 atom stereocenters. The second-order valence-electron chi connectivity index (χ2n) is 12.2. The van der Waals surface area contributed by atoms with E-state index in [4.69, 9.17) is 23.7 Å². The Morgan fingerprint density at radius 2 is 1.61 bits per heavy atom. The van der Waals surface area contributed by atoms with E-state index in [1.165, 1.54) is 6.92 Å². The number of aliphatic imine (C=N–C) groups is 1. The predicted molar refractivity (Wildman–Crippen MR) is 150 cm³/mol. The van der Waals surface area contributed by atoms with Crippen molar-refractivity contribution in [3.63, 3.8) is 0 Å². The SMILES string of the molecule is CC(=O)N[C@H]1[C@H]([C@@H]2OCC[C@@H](O)[C@H]2O)OC(C(=O)O)=C[C@@H]1N=C(NC(=O)OC(C)OC(=O)C(C)(C)C)NC(=O)OC(C)(C)C. The van der Waals surface area contributed by atoms with Crippen LogP contribution in [-0.4, -0.2) is 106 Å². The number of hydrogen-bond acceptors (Lipinski definition) is 13. The number of carboxylic acid groups (broad SMARTS) is 1. The molecule has 0 saturated carbocycles. The Balaban J connectivity index is 2.50. The van der Waals surface area contributed by atoms with Crippen LogP contribution in [0.2, 0.25) is 0 Å². The number of nitrogens with one attached hydrogen (secondary N) is 3. The van der Waals surface area contributed by atoms with Crippen molar-refractivity contribution in [2.45, 2.75) is 110 Å². The zero-order chi connectivity index (χ0) is 33.6. The molecule has 1 saturated heterocycles. The molecule has 0 radical (unpaired) electrons. The molecule has 2 heterocycles. The van der Waals surface area contributed by atoms with Gasteiger partial charge in [0.25, 0.3) is 0 Å². The van der Waals surface area contributed by atoms with Gasteiger partial charge in [-0.05, 0) is 54.0 Å². The van der Waals surface area contributed by atoms with Crippen LogP contribution in [0, 0.1) is 5.41 Å². The quantitative estimate of drug-likeness (QED) is 0.100. The van der Waals surface area contributed by atoms with Crippen LogP contribution in [0.4, 0.5) is 9.59 Å². The van der Waals surface area contributed by atoms with Gasteiger partial charge in [0.2, 0.25) is 23.9 Å². The molecule has 0 aliphatic carbocycles. The Bertz CT molecular complexity index is 1160. The lowest BCUT2D eigenvalue weighted by molar-refractivity contribution is -0.185. The van der Waals surface area contributed by atoms with Crippen LogP contribution in [0.1, 0.15) is 61.8 Å². The number of carboxylic acids is 1. The monoisotopic (exact) mass is 630 g/mol. The fourth-order valence-electron chi connectivity index (χ4n) is 4.00. The summed E-state index contributed by atoms with van der Waals surface area (Å²) >= 11 is 0. The number of carbonyl (C=O) groups is 5. The lowest BCUT2D eigenvalue weighted by Gasteiger charge is -2.43. The molecule has 1 unspecified atom stereocenters. The van der Waals surface area contributed by atoms with Gasteiger partial charge in [-0.15, -0.1) is 0 Å². The fraction of sp³-hybridized carbons (Fsp3) is 0.704. The summed E-state index contributed by atoms with van der Waals surface area (Å²) in [5.74, 6) is -4.06. The van der Waals surface area contributed by atoms with Gasteiger partial charge in [0.15, 0.2) is 6.10 Å². The van der Waals surface area contributed by atoms with Gasteiger partial charge in [-0.2, -0.15) is 0 Å². The molecule has 17 heteroatoms. The van der Waals surface area contributed by atoms with E-state index in [-0.39, 0.29) is 13.0 Å². The van der Waals surface area contributed by atoms with Crippen LogP contribution >= 0.6 is 0 Å². The number of hydrogen-bond donors (Lipinski definition) is 6. The van der Waals surface area contributed by atoms with Crippen molar-refractivity contribution < 1.29 is 63.0 Å². The van der Waals surface area contributed by atoms with Gasteiger partial charge in [-0.1, -0.05) is 0 Å². The van der Waals surface area contributed by atoms with Crippen LogP contribution in [-0.2, 0) is 38.1 Å². The van der Waals surface area contributed by atoms with E-state index in [9.17, 15) is 39.3 Å². The molecule has 0 spiro atoms. The van der Waals surface area contributed by atoms with Crippen molar-refractivity contribution >= 4 is 36.0 Å². The molecular formula is C27H42N4O13. The number of alkyl carbamates (subject to hydrolysis) is 2. The zero-order valence-electron chi connectivity index (χ0n) is 25.9. The number of ether oxygens (including phenoxy) is 5. The van der Waals surface area contributed by atoms with E-state index >= 15 is 0 Å². The summed E-state index contributed by atoms with van der Waals surface area (Å²) in [5.41, 5.74) is -1.86. The molecule has 2 aliphatic heterocycles. The first-order valence-electron chi connectivity index (χ1n) is 13.8. The Morgan fingerprint density at radius 1 is 1.00 bits per heavy atom. The van der Waals surface area contributed by atoms with Crippen LogP contribution in [0.3, 0.4) is 0 Å². The Morgan fingerprint density at radius 3 is 2.16 bits per heavy atom. The molecule has 248 valence electrons. The van der Waals surface area contributed by atoms with Gasteiger partial charge in [-0.25, -0.2) is 19.4 Å². The number of aliphatic carboxylic acids is 1. The molecule has 1 fully saturated rings. The molecule has 44 heavy (non-hydrogen) atoms. The minimum atomic E-state index is -1.54. The summed E-state index contributed by atoms with van der Waals surface area (Å²) in [7, 11) is 0. The highest BCUT2D eigenvalue weighted by Gasteiger charge is 2.48. The topological polar surface area (TPSA) is 241 Å². The fourth-order valence-corrected chi connectivity index (χ4v) is 4.00. The van der Waals surface area contributed by atoms with Crippen molar-refractivity contribution in [3.05, 3.63) is 11.8 Å². The summed E-state index contributed by atoms with van der Waals surface area (Å²) in [6.45, 7) is 12.0. The van der Waals surface area contributed by atoms with E-state index < -0.39 is 95.6 Å². The van der Waals surface area contributed by atoms with Gasteiger partial charge in [0, 0.05) is 20.5 Å². The van der Waals surface area contributed by atoms with Crippen LogP contribution < -0.4 is 16.0 Å². The number of nitrogens with zero attached hydrogens (tertiary/aromatic N) is 1. The van der Waals surface area contributed by atoms with E-state index in [1.54, 1.807) is 41.5 Å². The summed E-state index contributed by atoms with van der Waals surface area (Å²) in [4.78, 5) is 66.0. The number of amides is 3. The lowest BCUT2D eigenvalue weighted by Crippen LogP contribution is -2.62. The average molecular weight is 631 g/mol. The van der Waals surface area contributed by atoms with E-state index in [2.05, 4.69) is 20.9 Å². The standard InChI is InChI=1S/C27H42N4O13/c1-12(32)28-17-14(11-16(21(35)36)43-19(17)20-18(34)15(33)9-10-40-20)29-23(31-25(39)44-27(6,7)8)30-24(38)42-13(2)41-22(37)26(3,4)5/h11,13-15,17-20,33-34H,9-10H2,1-8H3,(H,28,32)(H,35,36)(H2,29,30,31,38,39)/t13?,14-,15+,17+,18+,19+,20+/m0/s1. The predicted octanol–water partition coefficient (Wildman–Crippen LogP) is 0.280. The van der Waals surface area contributed by atoms with E-state index in [0.29, 0.717) is 0 Å². The first-order chi connectivity index (χ1) is 20.2. The maximum Gasteiger partial charge on any atom is 0.417 e. The Hall–Kier alpha value is -3.96. The van der Waals surface area contributed by atoms with Crippen LogP contribution in [0.15, 0.2) is 16.8 Å². The normalized spacial score (nSPS) is 26.6. The molecule has 0 aromatic rings. The molecule has 0 bridgehead atoms. The van der Waals surface area contributed by atoms with Gasteiger partial charge in [0.1, 0.15) is 17.8 Å². The summed E-state index contributed by atoms with van der Waals surface area (Å²) in [6.07, 6.45) is -8.03. The Kier molecular flexibility index (Phi) is 12.1. The highest BCUT2D eigenvalue weighted by molar-refractivity contribution is 6.01. The second-order valence-corrected chi connectivity index (χ2v) is 12.2. The minimum absolute atomic E-state index is 0.00752. The van der Waals surface area contributed by atoms with Crippen LogP contribution in [0.25, 0.3) is 0 Å². The molecule has 2 rings (SSSR count). The van der Waals surface area contributed by atoms with Crippen molar-refractivity contribution in [1.29, 1.82) is 0 Å². The number of aliphatic hydroxyl groups is 2. The number of aliphatic hydroxyl groups excluding tert-OH is 2. The largest absolute Gasteiger partial charge is 0.478 e. The molecule has 0 aromatic carbocycles. The molecular weight excluding hydrogens is 588 g/mol. The summed E-state index contributed by atoms with van der Waals surface area (Å²) in [5, 5.41) is 37.6. The number of guanidine groups is 1. The first-order valence-corrected chi connectivity index (χ1v) is 13.8. The van der Waals surface area contributed by atoms with Crippen molar-refractivity contribution in [3.8, 4) is 0 Å². The summed E-state index contributed by atoms with van der Waals surface area (Å²) < 4.78 is 26.6. The zero-order valence-corrected chi connectivity index (χ0v) is 25.9. The third-order valence-corrected chi connectivity index (χ3v) is 5.94. The smallest absolute Gasteiger partial charge is 0.417 e. The van der Waals surface area contributed by atoms with Gasteiger partial charge in [0.05, 0.1) is 23.6 Å². The van der Waals surface area contributed by atoms with Gasteiger partial charge < -0.3 is 44.3 Å². The molecule has 0 aromatic heterocycles. The highest BCUT2D eigenvalue weighted by atomic mass is 16.7. The van der Waals surface area contributed by atoms with Crippen molar-refractivity contribution in [2.75, 3.05) is 6.61 Å². The number of esters is 1. The third kappa shape index (κ3) is 10.9. The number of rotatable bonds is 6. The second kappa shape index (κ2) is 14.7. The van der Waals surface area contributed by atoms with Crippen molar-refractivity contribution in [2.24, 2.45) is 10.4 Å². The molecule has 17 nitrogen and oxygen atoms in total. The molecule has 3 amide bonds. The third-order valence-electron chi connectivity index (χ3n) is 5.94. The van der Waals surface area contributed by atoms with Crippen LogP contribution in [0.5, 0.6) is 0 Å². The number of carbonyl (C=O) groups excluding carboxylic acids is 4. The Labute approximate surface area is 254 Å². The maximum atomic E-state index is 12.7. The first kappa shape index (κ1) is 36.2. The van der Waals surface area contributed by atoms with Gasteiger partial charge >= 0.3 is 24.1 Å². The van der Waals surface area contributed by atoms with Gasteiger partial charge in [-0.3, -0.25) is 20.2 Å². The summed E-state index contributed by atoms with van der Waals surface area (Å²) in [6, 6.07) is -2.62. The van der Waals surface area contributed by atoms with E-state index in [1.807, 2.05) is 0 Å².